The van der Waals surface area contributed by atoms with Crippen molar-refractivity contribution in [2.24, 2.45) is 17.1 Å². The van der Waals surface area contributed by atoms with E-state index in [1.165, 1.54) is 4.68 Å². The fourth-order valence-corrected chi connectivity index (χ4v) is 4.37. The molecule has 3 atom stereocenters. The Hall–Kier alpha value is -2.90. The maximum absolute atomic E-state index is 13.2. The van der Waals surface area contributed by atoms with Gasteiger partial charge in [0.05, 0.1) is 5.52 Å². The molecule has 8 heteroatoms. The van der Waals surface area contributed by atoms with Gasteiger partial charge in [-0.3, -0.25) is 19.1 Å². The molecule has 1 saturated heterocycles. The molecule has 0 bridgehead atoms. The predicted octanol–water partition coefficient (Wildman–Crippen LogP) is 1.68. The fourth-order valence-electron chi connectivity index (χ4n) is 4.37. The van der Waals surface area contributed by atoms with Crippen LogP contribution in [-0.2, 0) is 16.1 Å². The lowest BCUT2D eigenvalue weighted by molar-refractivity contribution is -0.140. The molecule has 2 aromatic rings. The summed E-state index contributed by atoms with van der Waals surface area (Å²) in [7, 11) is 0. The van der Waals surface area contributed by atoms with Crippen LogP contribution in [0.1, 0.15) is 50.5 Å². The normalized spacial score (nSPS) is 22.8. The van der Waals surface area contributed by atoms with Crippen molar-refractivity contribution in [3.8, 4) is 0 Å². The van der Waals surface area contributed by atoms with Crippen molar-refractivity contribution in [3.63, 3.8) is 0 Å². The first-order valence-corrected chi connectivity index (χ1v) is 10.5. The molecule has 4 rings (SSSR count). The molecule has 2 aliphatic rings. The SMILES string of the molecule is CC(C)(C)CCNC(=O)[C@@H]1C[C@H]2C[C@H]2N1C(=O)Cn1nc(C(N)=O)c2ccccc21. The van der Waals surface area contributed by atoms with Crippen molar-refractivity contribution in [2.45, 2.75) is 58.7 Å². The van der Waals surface area contributed by atoms with Gasteiger partial charge in [0.2, 0.25) is 11.8 Å². The van der Waals surface area contributed by atoms with Gasteiger partial charge in [-0.05, 0) is 36.7 Å². The summed E-state index contributed by atoms with van der Waals surface area (Å²) in [5.41, 5.74) is 6.42. The molecule has 1 aromatic heterocycles. The number of benzene rings is 1. The molecular formula is C22H29N5O3. The second kappa shape index (κ2) is 7.41. The zero-order valence-electron chi connectivity index (χ0n) is 17.7. The van der Waals surface area contributed by atoms with Gasteiger partial charge >= 0.3 is 0 Å². The van der Waals surface area contributed by atoms with Crippen LogP contribution < -0.4 is 11.1 Å². The quantitative estimate of drug-likeness (QED) is 0.753. The first-order valence-electron chi connectivity index (χ1n) is 10.5. The van der Waals surface area contributed by atoms with Gasteiger partial charge in [-0.25, -0.2) is 0 Å². The number of likely N-dealkylation sites (tertiary alicyclic amines) is 1. The number of aromatic nitrogens is 2. The second-order valence-electron chi connectivity index (χ2n) is 9.60. The van der Waals surface area contributed by atoms with Crippen LogP contribution in [0.15, 0.2) is 24.3 Å². The van der Waals surface area contributed by atoms with E-state index in [2.05, 4.69) is 31.2 Å². The molecule has 2 heterocycles. The largest absolute Gasteiger partial charge is 0.364 e. The first kappa shape index (κ1) is 20.4. The van der Waals surface area contributed by atoms with Gasteiger partial charge in [0.1, 0.15) is 12.6 Å². The van der Waals surface area contributed by atoms with Gasteiger partial charge in [0.25, 0.3) is 5.91 Å². The number of nitrogens with one attached hydrogen (secondary N) is 1. The van der Waals surface area contributed by atoms with E-state index < -0.39 is 11.9 Å². The van der Waals surface area contributed by atoms with Gasteiger partial charge in [-0.15, -0.1) is 0 Å². The number of hydrogen-bond acceptors (Lipinski definition) is 4. The minimum atomic E-state index is -0.628. The van der Waals surface area contributed by atoms with E-state index in [0.717, 1.165) is 12.8 Å². The zero-order valence-corrected chi connectivity index (χ0v) is 17.7. The second-order valence-corrected chi connectivity index (χ2v) is 9.60. The van der Waals surface area contributed by atoms with E-state index in [4.69, 9.17) is 5.73 Å². The van der Waals surface area contributed by atoms with Crippen molar-refractivity contribution < 1.29 is 14.4 Å². The van der Waals surface area contributed by atoms with Crippen LogP contribution in [0.5, 0.6) is 0 Å². The summed E-state index contributed by atoms with van der Waals surface area (Å²) in [5, 5.41) is 7.91. The van der Waals surface area contributed by atoms with Crippen LogP contribution in [0.25, 0.3) is 10.9 Å². The molecule has 3 N–H and O–H groups in total. The molecule has 1 saturated carbocycles. The fraction of sp³-hybridized carbons (Fsp3) is 0.545. The Kier molecular flexibility index (Phi) is 5.03. The lowest BCUT2D eigenvalue weighted by atomic mass is 9.92. The third-order valence-corrected chi connectivity index (χ3v) is 6.05. The van der Waals surface area contributed by atoms with Crippen LogP contribution in [-0.4, -0.2) is 51.0 Å². The number of primary amides is 1. The highest BCUT2D eigenvalue weighted by molar-refractivity contribution is 6.04. The van der Waals surface area contributed by atoms with Crippen molar-refractivity contribution in [3.05, 3.63) is 30.0 Å². The Labute approximate surface area is 175 Å². The molecule has 2 fully saturated rings. The Morgan fingerprint density at radius 3 is 2.63 bits per heavy atom. The average molecular weight is 412 g/mol. The molecule has 0 spiro atoms. The predicted molar refractivity (Wildman–Crippen MR) is 112 cm³/mol. The number of nitrogens with zero attached hydrogens (tertiary/aromatic N) is 3. The number of rotatable bonds is 6. The molecule has 0 unspecified atom stereocenters. The summed E-state index contributed by atoms with van der Waals surface area (Å²) in [6.07, 6.45) is 2.54. The maximum atomic E-state index is 13.2. The maximum Gasteiger partial charge on any atom is 0.269 e. The van der Waals surface area contributed by atoms with E-state index in [1.807, 2.05) is 12.1 Å². The van der Waals surface area contributed by atoms with E-state index in [9.17, 15) is 14.4 Å². The summed E-state index contributed by atoms with van der Waals surface area (Å²) in [6.45, 7) is 6.97. The van der Waals surface area contributed by atoms with Crippen LogP contribution in [0.2, 0.25) is 0 Å². The minimum Gasteiger partial charge on any atom is -0.364 e. The molecular weight excluding hydrogens is 382 g/mol. The summed E-state index contributed by atoms with van der Waals surface area (Å²) in [4.78, 5) is 39.4. The van der Waals surface area contributed by atoms with Crippen molar-refractivity contribution in [2.75, 3.05) is 6.54 Å². The summed E-state index contributed by atoms with van der Waals surface area (Å²) in [6, 6.07) is 6.90. The topological polar surface area (TPSA) is 110 Å². The number of para-hydroxylation sites is 1. The number of nitrogens with two attached hydrogens (primary N) is 1. The third-order valence-electron chi connectivity index (χ3n) is 6.05. The smallest absolute Gasteiger partial charge is 0.269 e. The molecule has 160 valence electrons. The Balaban J connectivity index is 1.49. The van der Waals surface area contributed by atoms with E-state index in [1.54, 1.807) is 17.0 Å². The highest BCUT2D eigenvalue weighted by atomic mass is 16.2. The number of amides is 3. The minimum absolute atomic E-state index is 0.0250. The van der Waals surface area contributed by atoms with Gasteiger partial charge in [0, 0.05) is 18.0 Å². The van der Waals surface area contributed by atoms with Crippen LogP contribution in [0.3, 0.4) is 0 Å². The summed E-state index contributed by atoms with van der Waals surface area (Å²) < 4.78 is 1.52. The molecule has 30 heavy (non-hydrogen) atoms. The Morgan fingerprint density at radius 2 is 1.93 bits per heavy atom. The molecule has 0 radical (unpaired) electrons. The monoisotopic (exact) mass is 411 g/mol. The number of fused-ring (bicyclic) bond motifs is 2. The van der Waals surface area contributed by atoms with Crippen molar-refractivity contribution in [1.82, 2.24) is 20.0 Å². The van der Waals surface area contributed by atoms with E-state index in [0.29, 0.717) is 29.8 Å². The highest BCUT2D eigenvalue weighted by Crippen LogP contribution is 2.48. The van der Waals surface area contributed by atoms with Crippen LogP contribution in [0.4, 0.5) is 0 Å². The van der Waals surface area contributed by atoms with E-state index in [-0.39, 0.29) is 35.5 Å². The average Bonchev–Trinajstić information content (AvgIpc) is 3.17. The van der Waals surface area contributed by atoms with Crippen molar-refractivity contribution >= 4 is 28.6 Å². The van der Waals surface area contributed by atoms with Crippen LogP contribution in [0, 0.1) is 11.3 Å². The third kappa shape index (κ3) is 3.91. The number of carbonyl (C=O) groups is 3. The molecule has 3 amide bonds. The molecule has 1 aliphatic carbocycles. The summed E-state index contributed by atoms with van der Waals surface area (Å²) >= 11 is 0. The van der Waals surface area contributed by atoms with E-state index >= 15 is 0 Å². The number of piperidine rings is 1. The van der Waals surface area contributed by atoms with Crippen LogP contribution >= 0.6 is 0 Å². The first-order chi connectivity index (χ1) is 14.2. The van der Waals surface area contributed by atoms with Gasteiger partial charge in [-0.1, -0.05) is 39.0 Å². The lowest BCUT2D eigenvalue weighted by Crippen LogP contribution is -2.49. The van der Waals surface area contributed by atoms with Gasteiger partial charge < -0.3 is 16.0 Å². The van der Waals surface area contributed by atoms with Gasteiger partial charge in [-0.2, -0.15) is 5.10 Å². The highest BCUT2D eigenvalue weighted by Gasteiger charge is 2.55. The molecule has 1 aromatic carbocycles. The Bertz CT molecular complexity index is 1010. The van der Waals surface area contributed by atoms with Crippen molar-refractivity contribution in [1.29, 1.82) is 0 Å². The molecule has 8 nitrogen and oxygen atoms in total. The standard InChI is InChI=1S/C22H29N5O3/c1-22(2,3)8-9-24-21(30)17-11-13-10-16(13)27(17)18(28)12-26-15-7-5-4-6-14(15)19(25-26)20(23)29/h4-7,13,16-17H,8-12H2,1-3H3,(H2,23,29)(H,24,30)/t13-,16-,17+/m1/s1. The zero-order chi connectivity index (χ0) is 21.6. The summed E-state index contributed by atoms with van der Waals surface area (Å²) in [5.74, 6) is -0.456. The Morgan fingerprint density at radius 1 is 1.20 bits per heavy atom. The number of carbonyl (C=O) groups excluding carboxylic acids is 3. The molecule has 1 aliphatic heterocycles. The van der Waals surface area contributed by atoms with Gasteiger partial charge in [0.15, 0.2) is 5.69 Å². The number of hydrogen-bond donors (Lipinski definition) is 2. The lowest BCUT2D eigenvalue weighted by Gasteiger charge is -2.27.